The van der Waals surface area contributed by atoms with Crippen LogP contribution in [0.2, 0.25) is 0 Å². The maximum atomic E-state index is 10.9. The Morgan fingerprint density at radius 2 is 2.11 bits per heavy atom. The van der Waals surface area contributed by atoms with Gasteiger partial charge in [-0.3, -0.25) is 4.79 Å². The van der Waals surface area contributed by atoms with Crippen LogP contribution in [0.4, 0.5) is 0 Å². The van der Waals surface area contributed by atoms with Gasteiger partial charge in [-0.25, -0.2) is 0 Å². The van der Waals surface area contributed by atoms with Crippen LogP contribution < -0.4 is 5.32 Å². The van der Waals surface area contributed by atoms with E-state index < -0.39 is 5.97 Å². The van der Waals surface area contributed by atoms with E-state index in [1.54, 1.807) is 0 Å². The van der Waals surface area contributed by atoms with Crippen LogP contribution in [0.25, 0.3) is 0 Å². The zero-order valence-electron chi connectivity index (χ0n) is 10.8. The Balaban J connectivity index is 1.71. The molecule has 1 aliphatic carbocycles. The Bertz CT molecular complexity index is 391. The lowest BCUT2D eigenvalue weighted by molar-refractivity contribution is -0.146. The van der Waals surface area contributed by atoms with Crippen molar-refractivity contribution in [2.24, 2.45) is 5.92 Å². The number of carboxylic acid groups (broad SMARTS) is 1. The SMILES string of the molecule is CC(CCNC1CCC1C(=O)O)c1ccccc1. The minimum atomic E-state index is -0.658. The number of nitrogens with one attached hydrogen (secondary N) is 1. The number of carbonyl (C=O) groups is 1. The Morgan fingerprint density at radius 1 is 1.39 bits per heavy atom. The van der Waals surface area contributed by atoms with Crippen molar-refractivity contribution in [1.29, 1.82) is 0 Å². The van der Waals surface area contributed by atoms with Crippen molar-refractivity contribution in [2.75, 3.05) is 6.54 Å². The first kappa shape index (κ1) is 13.1. The van der Waals surface area contributed by atoms with Gasteiger partial charge >= 0.3 is 5.97 Å². The van der Waals surface area contributed by atoms with Crippen molar-refractivity contribution in [1.82, 2.24) is 5.32 Å². The fourth-order valence-corrected chi connectivity index (χ4v) is 2.47. The van der Waals surface area contributed by atoms with E-state index in [9.17, 15) is 4.79 Å². The molecule has 0 aromatic heterocycles. The van der Waals surface area contributed by atoms with Crippen LogP contribution in [0.3, 0.4) is 0 Å². The van der Waals surface area contributed by atoms with Gasteiger partial charge in [-0.1, -0.05) is 37.3 Å². The van der Waals surface area contributed by atoms with Crippen LogP contribution in [-0.4, -0.2) is 23.7 Å². The van der Waals surface area contributed by atoms with Crippen molar-refractivity contribution in [3.8, 4) is 0 Å². The van der Waals surface area contributed by atoms with Crippen LogP contribution in [0, 0.1) is 5.92 Å². The molecule has 3 unspecified atom stereocenters. The van der Waals surface area contributed by atoms with Crippen molar-refractivity contribution in [2.45, 2.75) is 38.1 Å². The van der Waals surface area contributed by atoms with Gasteiger partial charge in [0.1, 0.15) is 0 Å². The molecular weight excluding hydrogens is 226 g/mol. The summed E-state index contributed by atoms with van der Waals surface area (Å²) in [5.41, 5.74) is 1.35. The second-order valence-corrected chi connectivity index (χ2v) is 5.18. The predicted molar refractivity (Wildman–Crippen MR) is 71.6 cm³/mol. The molecule has 3 heteroatoms. The first-order valence-electron chi connectivity index (χ1n) is 6.69. The van der Waals surface area contributed by atoms with Crippen LogP contribution in [0.15, 0.2) is 30.3 Å². The van der Waals surface area contributed by atoms with E-state index >= 15 is 0 Å². The molecule has 0 heterocycles. The highest BCUT2D eigenvalue weighted by atomic mass is 16.4. The Kier molecular flexibility index (Phi) is 4.37. The first-order chi connectivity index (χ1) is 8.68. The second-order valence-electron chi connectivity index (χ2n) is 5.18. The molecule has 1 aliphatic rings. The molecule has 0 spiro atoms. The molecule has 3 atom stereocenters. The second kappa shape index (κ2) is 6.01. The molecule has 1 fully saturated rings. The van der Waals surface area contributed by atoms with Gasteiger partial charge in [-0.2, -0.15) is 0 Å². The largest absolute Gasteiger partial charge is 0.481 e. The van der Waals surface area contributed by atoms with Crippen LogP contribution in [0.5, 0.6) is 0 Å². The number of benzene rings is 1. The monoisotopic (exact) mass is 247 g/mol. The summed E-state index contributed by atoms with van der Waals surface area (Å²) in [6.45, 7) is 3.11. The number of hydrogen-bond donors (Lipinski definition) is 2. The zero-order valence-corrected chi connectivity index (χ0v) is 10.8. The van der Waals surface area contributed by atoms with Crippen molar-refractivity contribution in [3.63, 3.8) is 0 Å². The van der Waals surface area contributed by atoms with E-state index in [0.717, 1.165) is 25.8 Å². The summed E-state index contributed by atoms with van der Waals surface area (Å²) in [6.07, 6.45) is 2.87. The highest BCUT2D eigenvalue weighted by Gasteiger charge is 2.35. The minimum absolute atomic E-state index is 0.169. The van der Waals surface area contributed by atoms with E-state index in [-0.39, 0.29) is 12.0 Å². The topological polar surface area (TPSA) is 49.3 Å². The minimum Gasteiger partial charge on any atom is -0.481 e. The standard InChI is InChI=1S/C15H21NO2/c1-11(12-5-3-2-4-6-12)9-10-16-14-8-7-13(14)15(17)18/h2-6,11,13-14,16H,7-10H2,1H3,(H,17,18). The summed E-state index contributed by atoms with van der Waals surface area (Å²) in [7, 11) is 0. The third kappa shape index (κ3) is 3.10. The van der Waals surface area contributed by atoms with Crippen molar-refractivity contribution < 1.29 is 9.90 Å². The zero-order chi connectivity index (χ0) is 13.0. The lowest BCUT2D eigenvalue weighted by Crippen LogP contribution is -2.48. The van der Waals surface area contributed by atoms with Gasteiger partial charge in [0.2, 0.25) is 0 Å². The quantitative estimate of drug-likeness (QED) is 0.812. The summed E-state index contributed by atoms with van der Waals surface area (Å²) in [6, 6.07) is 10.6. The molecule has 2 rings (SSSR count). The third-order valence-electron chi connectivity index (χ3n) is 3.94. The summed E-state index contributed by atoms with van der Waals surface area (Å²) in [4.78, 5) is 10.9. The van der Waals surface area contributed by atoms with Crippen LogP contribution in [-0.2, 0) is 4.79 Å². The number of aliphatic carboxylic acids is 1. The third-order valence-corrected chi connectivity index (χ3v) is 3.94. The summed E-state index contributed by atoms with van der Waals surface area (Å²) >= 11 is 0. The molecule has 3 nitrogen and oxygen atoms in total. The lowest BCUT2D eigenvalue weighted by Gasteiger charge is -2.34. The van der Waals surface area contributed by atoms with Gasteiger partial charge in [-0.15, -0.1) is 0 Å². The van der Waals surface area contributed by atoms with Gasteiger partial charge < -0.3 is 10.4 Å². The molecule has 98 valence electrons. The lowest BCUT2D eigenvalue weighted by atomic mass is 9.79. The smallest absolute Gasteiger partial charge is 0.308 e. The molecule has 1 saturated carbocycles. The van der Waals surface area contributed by atoms with E-state index in [1.807, 2.05) is 6.07 Å². The van der Waals surface area contributed by atoms with E-state index in [4.69, 9.17) is 5.11 Å². The predicted octanol–water partition coefficient (Wildman–Crippen LogP) is 2.63. The summed E-state index contributed by atoms with van der Waals surface area (Å²) < 4.78 is 0. The van der Waals surface area contributed by atoms with Gasteiger partial charge in [0, 0.05) is 6.04 Å². The molecule has 0 radical (unpaired) electrons. The Morgan fingerprint density at radius 3 is 2.67 bits per heavy atom. The molecule has 0 amide bonds. The Hall–Kier alpha value is -1.35. The average molecular weight is 247 g/mol. The fraction of sp³-hybridized carbons (Fsp3) is 0.533. The normalized spacial score (nSPS) is 24.3. The van der Waals surface area contributed by atoms with Gasteiger partial charge in [0.15, 0.2) is 0 Å². The molecule has 1 aromatic rings. The highest BCUT2D eigenvalue weighted by Crippen LogP contribution is 2.27. The summed E-state index contributed by atoms with van der Waals surface area (Å²) in [5, 5.41) is 12.3. The number of hydrogen-bond acceptors (Lipinski definition) is 2. The molecular formula is C15H21NO2. The van der Waals surface area contributed by atoms with E-state index in [0.29, 0.717) is 5.92 Å². The van der Waals surface area contributed by atoms with Crippen LogP contribution in [0.1, 0.15) is 37.7 Å². The maximum absolute atomic E-state index is 10.9. The average Bonchev–Trinajstić information content (AvgIpc) is 2.33. The highest BCUT2D eigenvalue weighted by molar-refractivity contribution is 5.72. The molecule has 18 heavy (non-hydrogen) atoms. The Labute approximate surface area is 108 Å². The van der Waals surface area contributed by atoms with Crippen molar-refractivity contribution in [3.05, 3.63) is 35.9 Å². The molecule has 0 bridgehead atoms. The first-order valence-corrected chi connectivity index (χ1v) is 6.69. The number of rotatable bonds is 6. The fourth-order valence-electron chi connectivity index (χ4n) is 2.47. The van der Waals surface area contributed by atoms with Gasteiger partial charge in [-0.05, 0) is 37.3 Å². The van der Waals surface area contributed by atoms with Gasteiger partial charge in [0.05, 0.1) is 5.92 Å². The molecule has 1 aromatic carbocycles. The summed E-state index contributed by atoms with van der Waals surface area (Å²) in [5.74, 6) is -0.311. The molecule has 2 N–H and O–H groups in total. The number of carboxylic acids is 1. The van der Waals surface area contributed by atoms with Crippen LogP contribution >= 0.6 is 0 Å². The van der Waals surface area contributed by atoms with Crippen molar-refractivity contribution >= 4 is 5.97 Å². The van der Waals surface area contributed by atoms with Gasteiger partial charge in [0.25, 0.3) is 0 Å². The molecule has 0 saturated heterocycles. The van der Waals surface area contributed by atoms with E-state index in [1.165, 1.54) is 5.56 Å². The van der Waals surface area contributed by atoms with E-state index in [2.05, 4.69) is 36.5 Å². The molecule has 0 aliphatic heterocycles. The maximum Gasteiger partial charge on any atom is 0.308 e.